The monoisotopic (exact) mass is 389 g/mol. The third kappa shape index (κ3) is 4.97. The van der Waals surface area contributed by atoms with Gasteiger partial charge in [-0.05, 0) is 24.5 Å². The van der Waals surface area contributed by atoms with E-state index in [4.69, 9.17) is 16.3 Å². The Bertz CT molecular complexity index is 885. The number of hydrogen-bond acceptors (Lipinski definition) is 6. The summed E-state index contributed by atoms with van der Waals surface area (Å²) in [7, 11) is 0. The molecule has 0 bridgehead atoms. The van der Waals surface area contributed by atoms with Gasteiger partial charge in [0.2, 0.25) is 5.88 Å². The molecule has 6 nitrogen and oxygen atoms in total. The number of pyridine rings is 1. The van der Waals surface area contributed by atoms with Crippen LogP contribution in [0.5, 0.6) is 5.88 Å². The molecule has 3 aromatic rings. The van der Waals surface area contributed by atoms with Crippen molar-refractivity contribution in [1.29, 1.82) is 0 Å². The molecule has 0 radical (unpaired) electrons. The second-order valence-corrected chi connectivity index (χ2v) is 7.07. The largest absolute Gasteiger partial charge is 0.472 e. The minimum absolute atomic E-state index is 0.230. The highest BCUT2D eigenvalue weighted by atomic mass is 35.5. The molecule has 2 heterocycles. The molecule has 1 aromatic carbocycles. The maximum absolute atomic E-state index is 5.85. The van der Waals surface area contributed by atoms with Gasteiger partial charge in [0.1, 0.15) is 19.3 Å². The van der Waals surface area contributed by atoms with Crippen molar-refractivity contribution in [3.05, 3.63) is 54.1 Å². The standard InChI is InChI=1S/C18H20ClN5OS/c1-13(19)10-25-18-15(9-20-5-6-24-12-21-11-22-24)7-14-3-4-16(26-2)8-17(14)23-18/h3-4,7-8,11-12,20H,1,5-6,9-10H2,2H3. The zero-order valence-electron chi connectivity index (χ0n) is 14.5. The number of ether oxygens (including phenoxy) is 1. The van der Waals surface area contributed by atoms with Crippen molar-refractivity contribution in [1.82, 2.24) is 25.1 Å². The van der Waals surface area contributed by atoms with Gasteiger partial charge in [-0.2, -0.15) is 5.10 Å². The minimum Gasteiger partial charge on any atom is -0.472 e. The van der Waals surface area contributed by atoms with Crippen LogP contribution in [0.25, 0.3) is 10.9 Å². The van der Waals surface area contributed by atoms with Crippen molar-refractivity contribution in [2.75, 3.05) is 19.4 Å². The Kier molecular flexibility index (Phi) is 6.49. The number of nitrogens with one attached hydrogen (secondary N) is 1. The number of hydrogen-bond donors (Lipinski definition) is 1. The van der Waals surface area contributed by atoms with Gasteiger partial charge in [-0.15, -0.1) is 11.8 Å². The molecule has 2 aromatic heterocycles. The fraction of sp³-hybridized carbons (Fsp3) is 0.278. The van der Waals surface area contributed by atoms with Gasteiger partial charge in [0.25, 0.3) is 0 Å². The molecule has 0 spiro atoms. The molecule has 3 rings (SSSR count). The lowest BCUT2D eigenvalue weighted by atomic mass is 10.1. The van der Waals surface area contributed by atoms with Crippen LogP contribution in [0.3, 0.4) is 0 Å². The molecular weight excluding hydrogens is 370 g/mol. The minimum atomic E-state index is 0.230. The van der Waals surface area contributed by atoms with E-state index in [1.807, 2.05) is 6.26 Å². The lowest BCUT2D eigenvalue weighted by molar-refractivity contribution is 0.341. The maximum atomic E-state index is 5.85. The number of benzene rings is 1. The third-order valence-electron chi connectivity index (χ3n) is 3.73. The summed E-state index contributed by atoms with van der Waals surface area (Å²) in [4.78, 5) is 9.78. The summed E-state index contributed by atoms with van der Waals surface area (Å²) >= 11 is 7.53. The number of thioether (sulfide) groups is 1. The summed E-state index contributed by atoms with van der Waals surface area (Å²) in [5.41, 5.74) is 1.88. The third-order valence-corrected chi connectivity index (χ3v) is 4.56. The van der Waals surface area contributed by atoms with E-state index in [-0.39, 0.29) is 6.61 Å². The highest BCUT2D eigenvalue weighted by molar-refractivity contribution is 7.98. The summed E-state index contributed by atoms with van der Waals surface area (Å²) < 4.78 is 7.55. The molecule has 0 aliphatic carbocycles. The summed E-state index contributed by atoms with van der Waals surface area (Å²) in [5, 5.41) is 8.99. The molecule has 0 saturated heterocycles. The molecule has 0 unspecified atom stereocenters. The Morgan fingerprint density at radius 1 is 1.38 bits per heavy atom. The van der Waals surface area contributed by atoms with Gasteiger partial charge in [0.05, 0.1) is 12.1 Å². The molecule has 8 heteroatoms. The van der Waals surface area contributed by atoms with Crippen molar-refractivity contribution in [2.24, 2.45) is 0 Å². The lowest BCUT2D eigenvalue weighted by Gasteiger charge is -2.13. The van der Waals surface area contributed by atoms with Gasteiger partial charge in [0.15, 0.2) is 0 Å². The van der Waals surface area contributed by atoms with E-state index in [1.54, 1.807) is 22.8 Å². The predicted molar refractivity (Wildman–Crippen MR) is 106 cm³/mol. The molecule has 136 valence electrons. The van der Waals surface area contributed by atoms with Gasteiger partial charge in [-0.3, -0.25) is 4.68 Å². The fourth-order valence-electron chi connectivity index (χ4n) is 2.46. The Hall–Kier alpha value is -2.09. The van der Waals surface area contributed by atoms with E-state index in [1.165, 1.54) is 6.33 Å². The molecule has 0 atom stereocenters. The Balaban J connectivity index is 1.76. The average molecular weight is 390 g/mol. The van der Waals surface area contributed by atoms with Crippen LogP contribution in [-0.2, 0) is 13.1 Å². The van der Waals surface area contributed by atoms with Crippen LogP contribution in [0, 0.1) is 0 Å². The van der Waals surface area contributed by atoms with Crippen LogP contribution >= 0.6 is 23.4 Å². The summed E-state index contributed by atoms with van der Waals surface area (Å²) in [6.45, 7) is 6.03. The number of aromatic nitrogens is 4. The van der Waals surface area contributed by atoms with Crippen LogP contribution in [-0.4, -0.2) is 39.2 Å². The van der Waals surface area contributed by atoms with E-state index >= 15 is 0 Å². The zero-order valence-corrected chi connectivity index (χ0v) is 16.1. The Labute approximate surface area is 161 Å². The summed E-state index contributed by atoms with van der Waals surface area (Å²) in [6, 6.07) is 8.33. The molecule has 0 aliphatic rings. The van der Waals surface area contributed by atoms with Crippen LogP contribution in [0.4, 0.5) is 0 Å². The fourth-order valence-corrected chi connectivity index (χ4v) is 2.95. The van der Waals surface area contributed by atoms with Crippen molar-refractivity contribution < 1.29 is 4.74 Å². The van der Waals surface area contributed by atoms with Crippen LogP contribution in [0.2, 0.25) is 0 Å². The van der Waals surface area contributed by atoms with Gasteiger partial charge >= 0.3 is 0 Å². The molecule has 0 fully saturated rings. The number of halogens is 1. The van der Waals surface area contributed by atoms with Crippen molar-refractivity contribution in [3.8, 4) is 5.88 Å². The molecule has 0 aliphatic heterocycles. The van der Waals surface area contributed by atoms with Gasteiger partial charge < -0.3 is 10.1 Å². The van der Waals surface area contributed by atoms with Crippen LogP contribution in [0.1, 0.15) is 5.56 Å². The number of fused-ring (bicyclic) bond motifs is 1. The zero-order chi connectivity index (χ0) is 18.4. The van der Waals surface area contributed by atoms with Gasteiger partial charge in [0, 0.05) is 34.0 Å². The van der Waals surface area contributed by atoms with Crippen LogP contribution < -0.4 is 10.1 Å². The molecule has 1 N–H and O–H groups in total. The highest BCUT2D eigenvalue weighted by Gasteiger charge is 2.10. The van der Waals surface area contributed by atoms with E-state index in [2.05, 4.69) is 51.2 Å². The van der Waals surface area contributed by atoms with Crippen molar-refractivity contribution >= 4 is 34.3 Å². The predicted octanol–water partition coefficient (Wildman–Crippen LogP) is 3.47. The molecule has 26 heavy (non-hydrogen) atoms. The average Bonchev–Trinajstić information content (AvgIpc) is 3.16. The maximum Gasteiger partial charge on any atom is 0.218 e. The second-order valence-electron chi connectivity index (χ2n) is 5.65. The molecular formula is C18H20ClN5OS. The number of nitrogens with zero attached hydrogens (tertiary/aromatic N) is 4. The first-order chi connectivity index (χ1) is 12.7. The quantitative estimate of drug-likeness (QED) is 0.446. The topological polar surface area (TPSA) is 64.9 Å². The number of rotatable bonds is 9. The highest BCUT2D eigenvalue weighted by Crippen LogP contribution is 2.26. The van der Waals surface area contributed by atoms with Gasteiger partial charge in [-0.1, -0.05) is 24.2 Å². The SMILES string of the molecule is C=C(Cl)COc1nc2cc(SC)ccc2cc1CNCCn1cncn1. The van der Waals surface area contributed by atoms with E-state index in [0.717, 1.165) is 34.5 Å². The summed E-state index contributed by atoms with van der Waals surface area (Å²) in [6.07, 6.45) is 5.27. The van der Waals surface area contributed by atoms with Crippen molar-refractivity contribution in [2.45, 2.75) is 18.0 Å². The first kappa shape index (κ1) is 18.7. The van der Waals surface area contributed by atoms with E-state index in [0.29, 0.717) is 17.5 Å². The molecule has 0 amide bonds. The van der Waals surface area contributed by atoms with E-state index < -0.39 is 0 Å². The normalized spacial score (nSPS) is 11.0. The Morgan fingerprint density at radius 2 is 2.27 bits per heavy atom. The van der Waals surface area contributed by atoms with Crippen molar-refractivity contribution in [3.63, 3.8) is 0 Å². The Morgan fingerprint density at radius 3 is 3.00 bits per heavy atom. The second kappa shape index (κ2) is 9.02. The molecule has 0 saturated carbocycles. The lowest BCUT2D eigenvalue weighted by Crippen LogP contribution is -2.20. The van der Waals surface area contributed by atoms with Gasteiger partial charge in [-0.25, -0.2) is 9.97 Å². The first-order valence-electron chi connectivity index (χ1n) is 8.12. The first-order valence-corrected chi connectivity index (χ1v) is 9.73. The smallest absolute Gasteiger partial charge is 0.218 e. The summed E-state index contributed by atoms with van der Waals surface area (Å²) in [5.74, 6) is 0.575. The van der Waals surface area contributed by atoms with Crippen LogP contribution in [0.15, 0.2) is 53.4 Å². The van der Waals surface area contributed by atoms with E-state index in [9.17, 15) is 0 Å².